The molecule has 0 atom stereocenters. The Kier molecular flexibility index (Phi) is 5.48. The Morgan fingerprint density at radius 2 is 1.04 bits per heavy atom. The maximum atomic E-state index is 6.56. The first kappa shape index (κ1) is 26.7. The average Bonchev–Trinajstić information content (AvgIpc) is 3.85. The zero-order valence-electron chi connectivity index (χ0n) is 25.8. The van der Waals surface area contributed by atoms with Crippen molar-refractivity contribution in [3.63, 3.8) is 0 Å². The number of thiophene rings is 1. The molecule has 0 saturated carbocycles. The molecule has 4 aromatic heterocycles. The number of aromatic nitrogens is 3. The minimum absolute atomic E-state index is 0.603. The fourth-order valence-electron chi connectivity index (χ4n) is 7.18. The van der Waals surface area contributed by atoms with Crippen LogP contribution in [0, 0.1) is 0 Å². The molecule has 0 aliphatic heterocycles. The molecule has 49 heavy (non-hydrogen) atoms. The monoisotopic (exact) mass is 645 g/mol. The summed E-state index contributed by atoms with van der Waals surface area (Å²) in [6.07, 6.45) is 0. The zero-order chi connectivity index (χ0) is 32.1. The van der Waals surface area contributed by atoms with Crippen LogP contribution in [-0.4, -0.2) is 15.0 Å². The number of para-hydroxylation sites is 2. The van der Waals surface area contributed by atoms with Gasteiger partial charge in [-0.15, -0.1) is 11.3 Å². The molecule has 0 aliphatic carbocycles. The normalized spacial score (nSPS) is 12.1. The number of rotatable bonds is 3. The van der Waals surface area contributed by atoms with E-state index >= 15 is 0 Å². The minimum atomic E-state index is 0.603. The number of fused-ring (bicyclic) bond motifs is 11. The molecule has 0 amide bonds. The van der Waals surface area contributed by atoms with Gasteiger partial charge in [0.05, 0.1) is 4.70 Å². The van der Waals surface area contributed by atoms with Gasteiger partial charge in [-0.1, -0.05) is 91.0 Å². The van der Waals surface area contributed by atoms with Gasteiger partial charge in [0.15, 0.2) is 17.5 Å². The number of hydrogen-bond acceptors (Lipinski definition) is 6. The van der Waals surface area contributed by atoms with Crippen LogP contribution in [0.3, 0.4) is 0 Å². The van der Waals surface area contributed by atoms with Gasteiger partial charge in [0.25, 0.3) is 0 Å². The highest BCUT2D eigenvalue weighted by atomic mass is 32.1. The van der Waals surface area contributed by atoms with E-state index in [0.717, 1.165) is 81.4 Å². The van der Waals surface area contributed by atoms with Gasteiger partial charge >= 0.3 is 0 Å². The van der Waals surface area contributed by atoms with E-state index in [1.54, 1.807) is 11.3 Å². The van der Waals surface area contributed by atoms with Gasteiger partial charge in [0.1, 0.15) is 22.3 Å². The molecule has 7 aromatic carbocycles. The van der Waals surface area contributed by atoms with Crippen LogP contribution in [0.2, 0.25) is 0 Å². The number of benzene rings is 7. The molecule has 5 nitrogen and oxygen atoms in total. The highest BCUT2D eigenvalue weighted by Crippen LogP contribution is 2.46. The van der Waals surface area contributed by atoms with Gasteiger partial charge in [0.2, 0.25) is 0 Å². The lowest BCUT2D eigenvalue weighted by Crippen LogP contribution is -2.00. The summed E-state index contributed by atoms with van der Waals surface area (Å²) in [5.41, 5.74) is 6.22. The van der Waals surface area contributed by atoms with Gasteiger partial charge in [-0.25, -0.2) is 15.0 Å². The lowest BCUT2D eigenvalue weighted by molar-refractivity contribution is 0.669. The maximum absolute atomic E-state index is 6.56. The molecule has 0 aliphatic rings. The Hall–Kier alpha value is -6.37. The van der Waals surface area contributed by atoms with Crippen molar-refractivity contribution in [3.05, 3.63) is 140 Å². The third-order valence-corrected chi connectivity index (χ3v) is 10.7. The molecular formula is C43H23N3O2S. The van der Waals surface area contributed by atoms with Crippen molar-refractivity contribution >= 4 is 86.2 Å². The van der Waals surface area contributed by atoms with Crippen LogP contribution in [0.15, 0.2) is 148 Å². The summed E-state index contributed by atoms with van der Waals surface area (Å²) in [7, 11) is 0. The zero-order valence-corrected chi connectivity index (χ0v) is 26.7. The fraction of sp³-hybridized carbons (Fsp3) is 0. The van der Waals surface area contributed by atoms with Crippen LogP contribution >= 0.6 is 11.3 Å². The van der Waals surface area contributed by atoms with Crippen LogP contribution in [0.4, 0.5) is 0 Å². The van der Waals surface area contributed by atoms with Crippen LogP contribution in [0.5, 0.6) is 0 Å². The van der Waals surface area contributed by atoms with Crippen molar-refractivity contribution < 1.29 is 8.83 Å². The molecule has 0 N–H and O–H groups in total. The summed E-state index contributed by atoms with van der Waals surface area (Å²) in [6, 6.07) is 48.0. The van der Waals surface area contributed by atoms with Gasteiger partial charge in [-0.2, -0.15) is 0 Å². The molecule has 228 valence electrons. The predicted octanol–water partition coefficient (Wildman–Crippen LogP) is 12.2. The quantitative estimate of drug-likeness (QED) is 0.191. The van der Waals surface area contributed by atoms with Crippen LogP contribution in [0.1, 0.15) is 0 Å². The average molecular weight is 646 g/mol. The summed E-state index contributed by atoms with van der Waals surface area (Å²) in [5.74, 6) is 1.84. The highest BCUT2D eigenvalue weighted by molar-refractivity contribution is 7.26. The predicted molar refractivity (Wildman–Crippen MR) is 201 cm³/mol. The smallest absolute Gasteiger partial charge is 0.165 e. The third kappa shape index (κ3) is 4.01. The van der Waals surface area contributed by atoms with Gasteiger partial charge in [-0.05, 0) is 59.3 Å². The Morgan fingerprint density at radius 1 is 0.429 bits per heavy atom. The SMILES string of the molecule is c1ccc2cc(-c3nc(-c4ccc5oc6ccccc6c5c4)nc(-c4cc5c6ccccc6oc5c5c4sc4ccccc45)n3)ccc2c1. The summed E-state index contributed by atoms with van der Waals surface area (Å²) < 4.78 is 15.0. The van der Waals surface area contributed by atoms with Crippen molar-refractivity contribution in [2.75, 3.05) is 0 Å². The number of hydrogen-bond donors (Lipinski definition) is 0. The Labute approximate surface area is 282 Å². The first-order chi connectivity index (χ1) is 24.2. The Morgan fingerprint density at radius 3 is 1.88 bits per heavy atom. The number of furan rings is 2. The molecule has 6 heteroatoms. The molecule has 0 radical (unpaired) electrons. The molecule has 4 heterocycles. The lowest BCUT2D eigenvalue weighted by Gasteiger charge is -2.10. The second-order valence-corrected chi connectivity index (χ2v) is 13.4. The number of nitrogens with zero attached hydrogens (tertiary/aromatic N) is 3. The van der Waals surface area contributed by atoms with Crippen molar-refractivity contribution in [3.8, 4) is 34.2 Å². The topological polar surface area (TPSA) is 65.0 Å². The summed E-state index contributed by atoms with van der Waals surface area (Å²) in [5, 5.41) is 8.75. The van der Waals surface area contributed by atoms with E-state index in [0.29, 0.717) is 17.5 Å². The van der Waals surface area contributed by atoms with E-state index in [9.17, 15) is 0 Å². The Balaban J connectivity index is 1.23. The van der Waals surface area contributed by atoms with Crippen molar-refractivity contribution in [1.29, 1.82) is 0 Å². The van der Waals surface area contributed by atoms with E-state index in [1.165, 1.54) is 10.1 Å². The molecule has 0 bridgehead atoms. The van der Waals surface area contributed by atoms with Crippen LogP contribution in [0.25, 0.3) is 109 Å². The first-order valence-corrected chi connectivity index (χ1v) is 17.0. The standard InChI is InChI=1S/C43H23N3O2S/c1-2-10-25-21-26(18-17-24(25)9-1)41-44-42(27-19-20-36-31(22-27)28-11-3-6-14-34(28)47-36)46-43(45-41)33-23-32-29-12-4-7-15-35(29)48-39(32)38-30-13-5-8-16-37(30)49-40(33)38/h1-23H. The van der Waals surface area contributed by atoms with E-state index < -0.39 is 0 Å². The summed E-state index contributed by atoms with van der Waals surface area (Å²) in [6.45, 7) is 0. The van der Waals surface area contributed by atoms with E-state index in [4.69, 9.17) is 23.8 Å². The largest absolute Gasteiger partial charge is 0.456 e. The molecule has 0 saturated heterocycles. The fourth-order valence-corrected chi connectivity index (χ4v) is 8.39. The lowest BCUT2D eigenvalue weighted by atomic mass is 10.0. The molecule has 0 fully saturated rings. The minimum Gasteiger partial charge on any atom is -0.456 e. The van der Waals surface area contributed by atoms with E-state index in [1.807, 2.05) is 42.5 Å². The maximum Gasteiger partial charge on any atom is 0.165 e. The van der Waals surface area contributed by atoms with Crippen LogP contribution in [-0.2, 0) is 0 Å². The van der Waals surface area contributed by atoms with E-state index in [-0.39, 0.29) is 0 Å². The third-order valence-electron chi connectivity index (χ3n) is 9.51. The van der Waals surface area contributed by atoms with E-state index in [2.05, 4.69) is 97.1 Å². The molecule has 11 rings (SSSR count). The molecule has 11 aromatic rings. The van der Waals surface area contributed by atoms with Crippen molar-refractivity contribution in [1.82, 2.24) is 15.0 Å². The van der Waals surface area contributed by atoms with Gasteiger partial charge in [-0.3, -0.25) is 0 Å². The van der Waals surface area contributed by atoms with Crippen LogP contribution < -0.4 is 0 Å². The molecule has 0 spiro atoms. The van der Waals surface area contributed by atoms with Crippen molar-refractivity contribution in [2.45, 2.75) is 0 Å². The van der Waals surface area contributed by atoms with Crippen molar-refractivity contribution in [2.24, 2.45) is 0 Å². The van der Waals surface area contributed by atoms with Gasteiger partial charge < -0.3 is 8.83 Å². The Bertz CT molecular complexity index is 3130. The molecule has 0 unspecified atom stereocenters. The highest BCUT2D eigenvalue weighted by Gasteiger charge is 2.22. The molecular weight excluding hydrogens is 623 g/mol. The second kappa shape index (κ2) is 10.1. The second-order valence-electron chi connectivity index (χ2n) is 12.4. The van der Waals surface area contributed by atoms with Gasteiger partial charge in [0, 0.05) is 53.7 Å². The summed E-state index contributed by atoms with van der Waals surface area (Å²) in [4.78, 5) is 15.6. The summed E-state index contributed by atoms with van der Waals surface area (Å²) >= 11 is 1.74. The first-order valence-electron chi connectivity index (χ1n) is 16.2.